The Morgan fingerprint density at radius 2 is 1.32 bits per heavy atom. The molecule has 0 aliphatic rings. The van der Waals surface area contributed by atoms with Gasteiger partial charge in [0.25, 0.3) is 0 Å². The van der Waals surface area contributed by atoms with Gasteiger partial charge in [-0.25, -0.2) is 19.2 Å². The molecule has 25 heavy (non-hydrogen) atoms. The zero-order valence-corrected chi connectivity index (χ0v) is 14.2. The monoisotopic (exact) mass is 355 g/mol. The van der Waals surface area contributed by atoms with Gasteiger partial charge >= 0.3 is 24.0 Å². The Hall–Kier alpha value is -3.10. The quantitative estimate of drug-likeness (QED) is 0.346. The lowest BCUT2D eigenvalue weighted by Gasteiger charge is -2.30. The van der Waals surface area contributed by atoms with Crippen molar-refractivity contribution in [1.82, 2.24) is 0 Å². The second kappa shape index (κ2) is 9.91. The lowest BCUT2D eigenvalue weighted by molar-refractivity contribution is -0.170. The molecule has 138 valence electrons. The minimum atomic E-state index is -1.85. The predicted molar refractivity (Wildman–Crippen MR) is 86.1 cm³/mol. The van der Waals surface area contributed by atoms with Crippen molar-refractivity contribution in [2.24, 2.45) is 5.73 Å². The number of hydrogen-bond donors (Lipinski definition) is 1. The van der Waals surface area contributed by atoms with Crippen molar-refractivity contribution in [3.8, 4) is 0 Å². The highest BCUT2D eigenvalue weighted by Crippen LogP contribution is 2.16. The average molecular weight is 355 g/mol. The van der Waals surface area contributed by atoms with Crippen LogP contribution in [0.5, 0.6) is 0 Å². The number of esters is 3. The van der Waals surface area contributed by atoms with Crippen LogP contribution >= 0.6 is 0 Å². The molecule has 9 heteroatoms. The van der Waals surface area contributed by atoms with E-state index in [2.05, 4.69) is 19.7 Å². The summed E-state index contributed by atoms with van der Waals surface area (Å²) in [5, 5.41) is 0. The molecule has 0 aromatic heterocycles. The first-order valence-electron chi connectivity index (χ1n) is 6.96. The summed E-state index contributed by atoms with van der Waals surface area (Å²) in [5.41, 5.74) is 3.32. The zero-order valence-electron chi connectivity index (χ0n) is 14.2. The molecule has 0 radical (unpaired) electrons. The third-order valence-electron chi connectivity index (χ3n) is 2.59. The van der Waals surface area contributed by atoms with Crippen LogP contribution in [0.3, 0.4) is 0 Å². The van der Waals surface area contributed by atoms with Crippen LogP contribution in [0.4, 0.5) is 4.79 Å². The number of carbonyl (C=O) groups excluding carboxylic acids is 4. The van der Waals surface area contributed by atoms with E-state index < -0.39 is 49.4 Å². The molecule has 0 aliphatic carbocycles. The van der Waals surface area contributed by atoms with Crippen molar-refractivity contribution in [1.29, 1.82) is 0 Å². The summed E-state index contributed by atoms with van der Waals surface area (Å²) in [6.07, 6.45) is -0.387. The van der Waals surface area contributed by atoms with Crippen LogP contribution in [0.25, 0.3) is 0 Å². The van der Waals surface area contributed by atoms with E-state index in [0.29, 0.717) is 0 Å². The second-order valence-electron chi connectivity index (χ2n) is 5.13. The Morgan fingerprint density at radius 3 is 1.64 bits per heavy atom. The van der Waals surface area contributed by atoms with E-state index in [-0.39, 0.29) is 11.1 Å². The Kier molecular flexibility index (Phi) is 8.68. The molecule has 0 rings (SSSR count). The lowest BCUT2D eigenvalue weighted by Crippen LogP contribution is -2.50. The van der Waals surface area contributed by atoms with Crippen LogP contribution in [-0.2, 0) is 33.3 Å². The number of primary amides is 1. The van der Waals surface area contributed by atoms with E-state index in [0.717, 1.165) is 6.08 Å². The number of hydrogen-bond acceptors (Lipinski definition) is 8. The molecule has 0 heterocycles. The molecule has 2 N–H and O–H groups in total. The fourth-order valence-electron chi connectivity index (χ4n) is 1.33. The molecule has 0 aromatic carbocycles. The topological polar surface area (TPSA) is 131 Å². The van der Waals surface area contributed by atoms with Gasteiger partial charge in [-0.1, -0.05) is 19.7 Å². The first kappa shape index (κ1) is 21.9. The van der Waals surface area contributed by atoms with Crippen LogP contribution in [0.15, 0.2) is 37.0 Å². The van der Waals surface area contributed by atoms with Gasteiger partial charge in [-0.05, 0) is 13.8 Å². The molecule has 0 unspecified atom stereocenters. The number of carbonyl (C=O) groups is 4. The smallest absolute Gasteiger partial charge is 0.405 e. The summed E-state index contributed by atoms with van der Waals surface area (Å²) in [4.78, 5) is 45.6. The van der Waals surface area contributed by atoms with E-state index in [1.807, 2.05) is 0 Å². The summed E-state index contributed by atoms with van der Waals surface area (Å²) in [6.45, 7) is 11.0. The maximum absolute atomic E-state index is 11.6. The van der Waals surface area contributed by atoms with E-state index in [4.69, 9.17) is 24.7 Å². The second-order valence-corrected chi connectivity index (χ2v) is 5.13. The number of nitrogens with two attached hydrogens (primary N) is 1. The van der Waals surface area contributed by atoms with Crippen LogP contribution in [0.2, 0.25) is 0 Å². The Bertz CT molecular complexity index is 563. The highest BCUT2D eigenvalue weighted by atomic mass is 16.6. The minimum Gasteiger partial charge on any atom is -0.458 e. The van der Waals surface area contributed by atoms with Crippen molar-refractivity contribution in [2.75, 3.05) is 19.8 Å². The predicted octanol–water partition coefficient (Wildman–Crippen LogP) is 0.788. The van der Waals surface area contributed by atoms with Gasteiger partial charge in [-0.2, -0.15) is 0 Å². The van der Waals surface area contributed by atoms with Crippen molar-refractivity contribution in [3.63, 3.8) is 0 Å². The van der Waals surface area contributed by atoms with Crippen LogP contribution < -0.4 is 5.73 Å². The molecule has 0 fully saturated rings. The van der Waals surface area contributed by atoms with Gasteiger partial charge in [-0.15, -0.1) is 0 Å². The molecule has 0 saturated heterocycles. The SMILES string of the molecule is C=CC(=O)OCC(COC(=O)C(=C)C)(COC(=O)C(=C)C)OC(N)=O. The molecular weight excluding hydrogens is 334 g/mol. The first-order chi connectivity index (χ1) is 11.5. The Balaban J connectivity index is 5.40. The summed E-state index contributed by atoms with van der Waals surface area (Å²) in [7, 11) is 0. The van der Waals surface area contributed by atoms with E-state index >= 15 is 0 Å². The molecule has 0 aliphatic heterocycles. The highest BCUT2D eigenvalue weighted by molar-refractivity contribution is 5.87. The normalized spacial score (nSPS) is 10.2. The van der Waals surface area contributed by atoms with E-state index in [1.54, 1.807) is 0 Å². The number of amides is 1. The average Bonchev–Trinajstić information content (AvgIpc) is 2.54. The standard InChI is InChI=1S/C16H21NO8/c1-6-12(18)22-7-16(25-15(17)21,8-23-13(19)10(2)3)9-24-14(20)11(4)5/h6H,1-2,4,7-9H2,3,5H3,(H2,17,21). The van der Waals surface area contributed by atoms with Gasteiger partial charge in [0.05, 0.1) is 0 Å². The summed E-state index contributed by atoms with van der Waals surface area (Å²) in [6, 6.07) is 0. The molecule has 0 atom stereocenters. The van der Waals surface area contributed by atoms with Crippen molar-refractivity contribution in [3.05, 3.63) is 37.0 Å². The van der Waals surface area contributed by atoms with Gasteiger partial charge in [0.2, 0.25) is 5.60 Å². The van der Waals surface area contributed by atoms with Crippen molar-refractivity contribution >= 4 is 24.0 Å². The molecule has 0 spiro atoms. The maximum Gasteiger partial charge on any atom is 0.405 e. The lowest BCUT2D eigenvalue weighted by atomic mass is 10.1. The summed E-state index contributed by atoms with van der Waals surface area (Å²) < 4.78 is 19.6. The Labute approximate surface area is 145 Å². The molecule has 0 aromatic rings. The first-order valence-corrected chi connectivity index (χ1v) is 6.96. The van der Waals surface area contributed by atoms with Gasteiger partial charge in [0.15, 0.2) is 0 Å². The third kappa shape index (κ3) is 8.35. The van der Waals surface area contributed by atoms with Gasteiger partial charge in [0, 0.05) is 17.2 Å². The Morgan fingerprint density at radius 1 is 0.920 bits per heavy atom. The minimum absolute atomic E-state index is 0.0787. The highest BCUT2D eigenvalue weighted by Gasteiger charge is 2.39. The van der Waals surface area contributed by atoms with Gasteiger partial charge < -0.3 is 24.7 Å². The largest absolute Gasteiger partial charge is 0.458 e. The van der Waals surface area contributed by atoms with Crippen molar-refractivity contribution < 1.29 is 38.1 Å². The molecule has 1 amide bonds. The summed E-state index contributed by atoms with van der Waals surface area (Å²) >= 11 is 0. The van der Waals surface area contributed by atoms with Crippen LogP contribution in [-0.4, -0.2) is 49.4 Å². The van der Waals surface area contributed by atoms with Gasteiger partial charge in [0.1, 0.15) is 19.8 Å². The van der Waals surface area contributed by atoms with Crippen molar-refractivity contribution in [2.45, 2.75) is 19.4 Å². The fourth-order valence-corrected chi connectivity index (χ4v) is 1.33. The number of ether oxygens (including phenoxy) is 4. The zero-order chi connectivity index (χ0) is 19.6. The molecule has 0 bridgehead atoms. The molecule has 9 nitrogen and oxygen atoms in total. The fraction of sp³-hybridized carbons (Fsp3) is 0.375. The molecule has 0 saturated carbocycles. The van der Waals surface area contributed by atoms with E-state index in [9.17, 15) is 19.2 Å². The van der Waals surface area contributed by atoms with E-state index in [1.165, 1.54) is 13.8 Å². The number of rotatable bonds is 10. The maximum atomic E-state index is 11.6. The summed E-state index contributed by atoms with van der Waals surface area (Å²) in [5.74, 6) is -2.42. The van der Waals surface area contributed by atoms with Crippen LogP contribution in [0.1, 0.15) is 13.8 Å². The molecular formula is C16H21NO8. The third-order valence-corrected chi connectivity index (χ3v) is 2.59. The van der Waals surface area contributed by atoms with Gasteiger partial charge in [-0.3, -0.25) is 0 Å². The van der Waals surface area contributed by atoms with Crippen LogP contribution in [0, 0.1) is 0 Å².